The number of hydrogen-bond donors (Lipinski definition) is 1. The minimum Gasteiger partial charge on any atom is -0.450 e. The third-order valence-corrected chi connectivity index (χ3v) is 3.82. The maximum absolute atomic E-state index is 12.2. The van der Waals surface area contributed by atoms with Gasteiger partial charge in [-0.1, -0.05) is 13.8 Å². The van der Waals surface area contributed by atoms with Gasteiger partial charge in [0.1, 0.15) is 0 Å². The van der Waals surface area contributed by atoms with E-state index in [1.165, 1.54) is 0 Å². The lowest BCUT2D eigenvalue weighted by atomic mass is 10.1. The van der Waals surface area contributed by atoms with Gasteiger partial charge in [0.05, 0.1) is 6.61 Å². The minimum atomic E-state index is -0.540. The molecular weight excluding hydrogens is 298 g/mol. The molecule has 0 atom stereocenters. The van der Waals surface area contributed by atoms with Crippen molar-refractivity contribution >= 4 is 17.9 Å². The maximum Gasteiger partial charge on any atom is 0.409 e. The van der Waals surface area contributed by atoms with Crippen LogP contribution in [0.25, 0.3) is 0 Å². The highest BCUT2D eigenvalue weighted by Crippen LogP contribution is 2.11. The van der Waals surface area contributed by atoms with Crippen molar-refractivity contribution in [2.45, 2.75) is 52.5 Å². The summed E-state index contributed by atoms with van der Waals surface area (Å²) in [6, 6.07) is -0.0674. The summed E-state index contributed by atoms with van der Waals surface area (Å²) in [7, 11) is 0. The van der Waals surface area contributed by atoms with Crippen LogP contribution in [0, 0.1) is 0 Å². The van der Waals surface area contributed by atoms with Crippen LogP contribution in [-0.2, 0) is 14.3 Å². The second-order valence-electron chi connectivity index (χ2n) is 5.73. The van der Waals surface area contributed by atoms with E-state index in [9.17, 15) is 14.4 Å². The van der Waals surface area contributed by atoms with Gasteiger partial charge in [-0.2, -0.15) is 0 Å². The molecule has 1 heterocycles. The Balaban J connectivity index is 2.43. The molecule has 0 unspecified atom stereocenters. The van der Waals surface area contributed by atoms with Gasteiger partial charge in [0, 0.05) is 32.2 Å². The number of ether oxygens (including phenoxy) is 1. The topological polar surface area (TPSA) is 79.0 Å². The minimum absolute atomic E-state index is 0.0674. The van der Waals surface area contributed by atoms with Crippen LogP contribution < -0.4 is 5.32 Å². The van der Waals surface area contributed by atoms with E-state index < -0.39 is 11.8 Å². The van der Waals surface area contributed by atoms with Crippen LogP contribution in [0.2, 0.25) is 0 Å². The molecule has 1 aliphatic rings. The fourth-order valence-electron chi connectivity index (χ4n) is 2.67. The van der Waals surface area contributed by atoms with Crippen LogP contribution in [0.5, 0.6) is 0 Å². The Morgan fingerprint density at radius 3 is 2.13 bits per heavy atom. The molecule has 1 N–H and O–H groups in total. The van der Waals surface area contributed by atoms with Crippen LogP contribution in [0.3, 0.4) is 0 Å². The van der Waals surface area contributed by atoms with Gasteiger partial charge >= 0.3 is 17.9 Å². The van der Waals surface area contributed by atoms with Gasteiger partial charge in [0.2, 0.25) is 0 Å². The van der Waals surface area contributed by atoms with Gasteiger partial charge < -0.3 is 19.9 Å². The summed E-state index contributed by atoms with van der Waals surface area (Å²) in [5.74, 6) is -0.997. The molecule has 0 bridgehead atoms. The maximum atomic E-state index is 12.2. The normalized spacial score (nSPS) is 15.2. The van der Waals surface area contributed by atoms with Crippen molar-refractivity contribution < 1.29 is 19.1 Å². The van der Waals surface area contributed by atoms with Gasteiger partial charge in [-0.05, 0) is 32.6 Å². The fourth-order valence-corrected chi connectivity index (χ4v) is 2.67. The Morgan fingerprint density at radius 2 is 1.65 bits per heavy atom. The monoisotopic (exact) mass is 327 g/mol. The van der Waals surface area contributed by atoms with E-state index >= 15 is 0 Å². The van der Waals surface area contributed by atoms with E-state index in [1.54, 1.807) is 16.7 Å². The molecule has 0 aromatic rings. The van der Waals surface area contributed by atoms with Crippen molar-refractivity contribution in [3.63, 3.8) is 0 Å². The van der Waals surface area contributed by atoms with Crippen molar-refractivity contribution in [1.29, 1.82) is 0 Å². The summed E-state index contributed by atoms with van der Waals surface area (Å²) < 4.78 is 4.96. The number of hydrogen-bond acceptors (Lipinski definition) is 4. The zero-order valence-corrected chi connectivity index (χ0v) is 14.5. The highest BCUT2D eigenvalue weighted by atomic mass is 16.6. The first-order valence-corrected chi connectivity index (χ1v) is 8.54. The average Bonchev–Trinajstić information content (AvgIpc) is 2.54. The lowest BCUT2D eigenvalue weighted by Crippen LogP contribution is -2.51. The average molecular weight is 327 g/mol. The lowest BCUT2D eigenvalue weighted by molar-refractivity contribution is -0.146. The lowest BCUT2D eigenvalue weighted by Gasteiger charge is -2.32. The van der Waals surface area contributed by atoms with Crippen molar-refractivity contribution in [3.05, 3.63) is 0 Å². The van der Waals surface area contributed by atoms with Gasteiger partial charge in [0.25, 0.3) is 0 Å². The molecule has 1 aliphatic heterocycles. The molecule has 7 nitrogen and oxygen atoms in total. The van der Waals surface area contributed by atoms with Crippen LogP contribution in [0.1, 0.15) is 46.5 Å². The van der Waals surface area contributed by atoms with Crippen molar-refractivity contribution in [2.75, 3.05) is 32.8 Å². The summed E-state index contributed by atoms with van der Waals surface area (Å²) in [4.78, 5) is 39.2. The smallest absolute Gasteiger partial charge is 0.409 e. The van der Waals surface area contributed by atoms with Gasteiger partial charge in [-0.25, -0.2) is 4.79 Å². The van der Waals surface area contributed by atoms with E-state index in [4.69, 9.17) is 4.74 Å². The Bertz CT molecular complexity index is 400. The summed E-state index contributed by atoms with van der Waals surface area (Å²) in [6.45, 7) is 8.36. The van der Waals surface area contributed by atoms with Crippen LogP contribution in [0.4, 0.5) is 4.79 Å². The van der Waals surface area contributed by atoms with Crippen LogP contribution >= 0.6 is 0 Å². The summed E-state index contributed by atoms with van der Waals surface area (Å²) >= 11 is 0. The number of likely N-dealkylation sites (tertiary alicyclic amines) is 1. The fraction of sp³-hybridized carbons (Fsp3) is 0.812. The van der Waals surface area contributed by atoms with E-state index in [-0.39, 0.29) is 12.1 Å². The first-order valence-electron chi connectivity index (χ1n) is 8.54. The van der Waals surface area contributed by atoms with Crippen molar-refractivity contribution in [1.82, 2.24) is 15.1 Å². The first kappa shape index (κ1) is 19.3. The van der Waals surface area contributed by atoms with Crippen LogP contribution in [0.15, 0.2) is 0 Å². The molecule has 132 valence electrons. The Morgan fingerprint density at radius 1 is 1.09 bits per heavy atom. The molecule has 0 spiro atoms. The molecule has 0 aromatic heterocycles. The predicted molar refractivity (Wildman–Crippen MR) is 86.9 cm³/mol. The number of nitrogens with one attached hydrogen (secondary N) is 1. The number of nitrogens with zero attached hydrogens (tertiary/aromatic N) is 2. The van der Waals surface area contributed by atoms with Crippen molar-refractivity contribution in [3.8, 4) is 0 Å². The number of carbonyl (C=O) groups is 3. The van der Waals surface area contributed by atoms with E-state index in [0.29, 0.717) is 45.6 Å². The van der Waals surface area contributed by atoms with E-state index in [2.05, 4.69) is 5.32 Å². The Labute approximate surface area is 138 Å². The third-order valence-electron chi connectivity index (χ3n) is 3.82. The molecule has 0 aliphatic carbocycles. The van der Waals surface area contributed by atoms with Gasteiger partial charge in [-0.15, -0.1) is 0 Å². The molecule has 3 amide bonds. The molecule has 1 fully saturated rings. The highest BCUT2D eigenvalue weighted by molar-refractivity contribution is 6.35. The summed E-state index contributed by atoms with van der Waals surface area (Å²) in [6.07, 6.45) is 2.62. The van der Waals surface area contributed by atoms with E-state index in [0.717, 1.165) is 12.8 Å². The predicted octanol–water partition coefficient (Wildman–Crippen LogP) is 1.37. The molecule has 1 rings (SSSR count). The second-order valence-corrected chi connectivity index (χ2v) is 5.73. The first-order chi connectivity index (χ1) is 11.0. The molecule has 23 heavy (non-hydrogen) atoms. The molecule has 0 radical (unpaired) electrons. The van der Waals surface area contributed by atoms with Gasteiger partial charge in [-0.3, -0.25) is 9.59 Å². The molecule has 1 saturated heterocycles. The number of rotatable bonds is 6. The number of piperidine rings is 1. The Hall–Kier alpha value is -1.79. The third kappa shape index (κ3) is 6.08. The standard InChI is InChI=1S/C16H29N3O4/c1-4-9-18(10-5-2)15(21)14(20)17-13-7-11-19(12-8-13)16(22)23-6-3/h13H,4-12H2,1-3H3,(H,17,20). The summed E-state index contributed by atoms with van der Waals surface area (Å²) in [5.41, 5.74) is 0. The van der Waals surface area contributed by atoms with Gasteiger partial charge in [0.15, 0.2) is 0 Å². The second kappa shape index (κ2) is 10.1. The van der Waals surface area contributed by atoms with E-state index in [1.807, 2.05) is 13.8 Å². The number of carbonyl (C=O) groups excluding carboxylic acids is 3. The van der Waals surface area contributed by atoms with Crippen LogP contribution in [-0.4, -0.2) is 66.5 Å². The largest absolute Gasteiger partial charge is 0.450 e. The molecule has 0 aromatic carbocycles. The molecular formula is C16H29N3O4. The molecule has 7 heteroatoms. The SMILES string of the molecule is CCCN(CCC)C(=O)C(=O)NC1CCN(C(=O)OCC)CC1. The molecule has 0 saturated carbocycles. The zero-order valence-electron chi connectivity index (χ0n) is 14.5. The zero-order chi connectivity index (χ0) is 17.2. The highest BCUT2D eigenvalue weighted by Gasteiger charge is 2.27. The number of amides is 3. The van der Waals surface area contributed by atoms with Crippen molar-refractivity contribution in [2.24, 2.45) is 0 Å². The quantitative estimate of drug-likeness (QED) is 0.747. The Kier molecular flexibility index (Phi) is 8.43. The summed E-state index contributed by atoms with van der Waals surface area (Å²) in [5, 5.41) is 2.80.